The average Bonchev–Trinajstić information content (AvgIpc) is 3.33. The summed E-state index contributed by atoms with van der Waals surface area (Å²) in [6.07, 6.45) is 1.17. The van der Waals surface area contributed by atoms with Crippen LogP contribution in [0.1, 0.15) is 39.2 Å². The predicted molar refractivity (Wildman–Crippen MR) is 138 cm³/mol. The maximum atomic E-state index is 13.2. The zero-order valence-electron chi connectivity index (χ0n) is 20.4. The highest BCUT2D eigenvalue weighted by Crippen LogP contribution is 2.37. The van der Waals surface area contributed by atoms with Gasteiger partial charge in [0, 0.05) is 30.1 Å². The third-order valence-electron chi connectivity index (χ3n) is 6.38. The number of methoxy groups -OCH3 is 2. The Morgan fingerprint density at radius 1 is 1.00 bits per heavy atom. The maximum absolute atomic E-state index is 13.2. The molecule has 0 atom stereocenters. The smallest absolute Gasteiger partial charge is 0.185 e. The first-order valence-electron chi connectivity index (χ1n) is 11.4. The second-order valence-electron chi connectivity index (χ2n) is 9.59. The van der Waals surface area contributed by atoms with Crippen molar-refractivity contribution >= 4 is 26.3 Å². The molecular formula is C26H32N2O4S2. The summed E-state index contributed by atoms with van der Waals surface area (Å²) >= 11 is 1.57. The molecule has 0 spiro atoms. The molecule has 0 bridgehead atoms. The van der Waals surface area contributed by atoms with Gasteiger partial charge in [0.05, 0.1) is 30.1 Å². The highest BCUT2D eigenvalue weighted by molar-refractivity contribution is 7.92. The summed E-state index contributed by atoms with van der Waals surface area (Å²) < 4.78 is 37.3. The van der Waals surface area contributed by atoms with E-state index in [2.05, 4.69) is 25.7 Å². The fourth-order valence-electron chi connectivity index (χ4n) is 4.24. The van der Waals surface area contributed by atoms with Crippen LogP contribution in [0.5, 0.6) is 11.5 Å². The van der Waals surface area contributed by atoms with Crippen molar-refractivity contribution in [3.8, 4) is 22.8 Å². The van der Waals surface area contributed by atoms with Crippen molar-refractivity contribution in [3.63, 3.8) is 0 Å². The number of piperidine rings is 1. The number of anilines is 1. The van der Waals surface area contributed by atoms with E-state index in [4.69, 9.17) is 14.5 Å². The lowest BCUT2D eigenvalue weighted by Gasteiger charge is -2.31. The number of hydrogen-bond acceptors (Lipinski definition) is 7. The van der Waals surface area contributed by atoms with Crippen molar-refractivity contribution in [1.82, 2.24) is 4.98 Å². The van der Waals surface area contributed by atoms with Gasteiger partial charge >= 0.3 is 0 Å². The number of hydrogen-bond donors (Lipinski definition) is 0. The second-order valence-corrected chi connectivity index (χ2v) is 12.7. The minimum Gasteiger partial charge on any atom is -0.497 e. The molecule has 1 aliphatic heterocycles. The second kappa shape index (κ2) is 9.58. The van der Waals surface area contributed by atoms with Gasteiger partial charge in [-0.2, -0.15) is 0 Å². The summed E-state index contributed by atoms with van der Waals surface area (Å²) in [5, 5.41) is 2.54. The van der Waals surface area contributed by atoms with E-state index in [-0.39, 0.29) is 10.7 Å². The molecule has 1 aromatic heterocycles. The lowest BCUT2D eigenvalue weighted by atomic mass is 9.87. The van der Waals surface area contributed by atoms with Crippen molar-refractivity contribution in [3.05, 3.63) is 53.4 Å². The zero-order valence-corrected chi connectivity index (χ0v) is 22.0. The van der Waals surface area contributed by atoms with Crippen LogP contribution in [0.25, 0.3) is 11.3 Å². The number of aromatic nitrogens is 1. The largest absolute Gasteiger partial charge is 0.497 e. The van der Waals surface area contributed by atoms with Gasteiger partial charge < -0.3 is 14.4 Å². The summed E-state index contributed by atoms with van der Waals surface area (Å²) in [7, 11) is -0.0979. The molecule has 0 aliphatic carbocycles. The normalized spacial score (nSPS) is 15.4. The highest BCUT2D eigenvalue weighted by atomic mass is 32.2. The molecule has 2 aromatic carbocycles. The minimum atomic E-state index is -3.36. The van der Waals surface area contributed by atoms with E-state index in [1.54, 1.807) is 37.7 Å². The molecule has 182 valence electrons. The average molecular weight is 501 g/mol. The third kappa shape index (κ3) is 4.93. The lowest BCUT2D eigenvalue weighted by Crippen LogP contribution is -2.39. The molecule has 8 heteroatoms. The monoisotopic (exact) mass is 500 g/mol. The molecule has 1 saturated heterocycles. The van der Waals surface area contributed by atoms with Crippen LogP contribution in [0.4, 0.5) is 5.13 Å². The first-order valence-corrected chi connectivity index (χ1v) is 13.8. The zero-order chi connectivity index (χ0) is 24.5. The van der Waals surface area contributed by atoms with E-state index >= 15 is 0 Å². The molecule has 1 aliphatic rings. The number of ether oxygens (including phenoxy) is 2. The SMILES string of the molecule is COc1ccc(-c2csc(N3CCC(S(=O)(=O)c4ccc(C(C)(C)C)cc4)CC3)n2)c(OC)c1. The standard InChI is InChI=1S/C26H32N2O4S2/c1-26(2,3)18-6-9-20(10-7-18)34(29,30)21-12-14-28(15-13-21)25-27-23(17-33-25)22-11-8-19(31-4)16-24(22)32-5/h6-11,16-17,21H,12-15H2,1-5H3. The number of rotatable bonds is 6. The molecule has 34 heavy (non-hydrogen) atoms. The van der Waals surface area contributed by atoms with Crippen molar-refractivity contribution in [2.24, 2.45) is 0 Å². The highest BCUT2D eigenvalue weighted by Gasteiger charge is 2.32. The summed E-state index contributed by atoms with van der Waals surface area (Å²) in [6.45, 7) is 7.70. The van der Waals surface area contributed by atoms with E-state index in [1.807, 2.05) is 35.7 Å². The quantitative estimate of drug-likeness (QED) is 0.441. The van der Waals surface area contributed by atoms with Gasteiger partial charge in [0.2, 0.25) is 0 Å². The number of benzene rings is 2. The molecule has 0 radical (unpaired) electrons. The van der Waals surface area contributed by atoms with Gasteiger partial charge in [-0.1, -0.05) is 32.9 Å². The Hall–Kier alpha value is -2.58. The van der Waals surface area contributed by atoms with Gasteiger partial charge in [-0.05, 0) is 48.1 Å². The minimum absolute atomic E-state index is 0.00394. The maximum Gasteiger partial charge on any atom is 0.185 e. The Morgan fingerprint density at radius 2 is 1.68 bits per heavy atom. The topological polar surface area (TPSA) is 68.7 Å². The third-order valence-corrected chi connectivity index (χ3v) is 9.56. The van der Waals surface area contributed by atoms with Gasteiger partial charge in [0.25, 0.3) is 0 Å². The Kier molecular flexibility index (Phi) is 6.92. The van der Waals surface area contributed by atoms with Crippen LogP contribution in [0.2, 0.25) is 0 Å². The summed E-state index contributed by atoms with van der Waals surface area (Å²) in [5.74, 6) is 1.44. The molecule has 1 fully saturated rings. The molecule has 3 aromatic rings. The van der Waals surface area contributed by atoms with Gasteiger partial charge in [0.1, 0.15) is 11.5 Å². The summed E-state index contributed by atoms with van der Waals surface area (Å²) in [5.41, 5.74) is 2.88. The number of nitrogens with zero attached hydrogens (tertiary/aromatic N) is 2. The van der Waals surface area contributed by atoms with Crippen molar-refractivity contribution in [2.75, 3.05) is 32.2 Å². The predicted octanol–water partition coefficient (Wildman–Crippen LogP) is 5.57. The van der Waals surface area contributed by atoms with Crippen LogP contribution < -0.4 is 14.4 Å². The lowest BCUT2D eigenvalue weighted by molar-refractivity contribution is 0.395. The molecule has 0 N–H and O–H groups in total. The molecule has 6 nitrogen and oxygen atoms in total. The van der Waals surface area contributed by atoms with Crippen LogP contribution in [0, 0.1) is 0 Å². The van der Waals surface area contributed by atoms with Gasteiger partial charge in [0.15, 0.2) is 15.0 Å². The van der Waals surface area contributed by atoms with Gasteiger partial charge in [-0.25, -0.2) is 13.4 Å². The van der Waals surface area contributed by atoms with E-state index < -0.39 is 9.84 Å². The van der Waals surface area contributed by atoms with E-state index in [0.29, 0.717) is 36.6 Å². The first kappa shape index (κ1) is 24.5. The Balaban J connectivity index is 1.45. The Bertz CT molecular complexity index is 1240. The van der Waals surface area contributed by atoms with Gasteiger partial charge in [-0.3, -0.25) is 0 Å². The molecule has 0 amide bonds. The molecule has 4 rings (SSSR count). The van der Waals surface area contributed by atoms with Gasteiger partial charge in [-0.15, -0.1) is 11.3 Å². The molecule has 2 heterocycles. The van der Waals surface area contributed by atoms with Crippen LogP contribution in [-0.2, 0) is 15.3 Å². The van der Waals surface area contributed by atoms with Crippen molar-refractivity contribution in [1.29, 1.82) is 0 Å². The number of thiazole rings is 1. The summed E-state index contributed by atoms with van der Waals surface area (Å²) in [6, 6.07) is 13.1. The Morgan fingerprint density at radius 3 is 2.26 bits per heavy atom. The van der Waals surface area contributed by atoms with Crippen LogP contribution >= 0.6 is 11.3 Å². The Labute approximate surface area is 206 Å². The van der Waals surface area contributed by atoms with E-state index in [0.717, 1.165) is 27.7 Å². The summed E-state index contributed by atoms with van der Waals surface area (Å²) in [4.78, 5) is 7.42. The van der Waals surface area contributed by atoms with Crippen LogP contribution in [0.3, 0.4) is 0 Å². The van der Waals surface area contributed by atoms with Crippen molar-refractivity contribution in [2.45, 2.75) is 49.2 Å². The van der Waals surface area contributed by atoms with E-state index in [1.165, 1.54) is 0 Å². The van der Waals surface area contributed by atoms with Crippen LogP contribution in [-0.4, -0.2) is 46.0 Å². The molecular weight excluding hydrogens is 468 g/mol. The fraction of sp³-hybridized carbons (Fsp3) is 0.423. The van der Waals surface area contributed by atoms with E-state index in [9.17, 15) is 8.42 Å². The molecule has 0 unspecified atom stereocenters. The fourth-order valence-corrected chi connectivity index (χ4v) is 6.85. The number of sulfone groups is 1. The first-order chi connectivity index (χ1) is 16.1. The van der Waals surface area contributed by atoms with Crippen LogP contribution in [0.15, 0.2) is 52.7 Å². The molecule has 0 saturated carbocycles. The van der Waals surface area contributed by atoms with Crippen molar-refractivity contribution < 1.29 is 17.9 Å².